The summed E-state index contributed by atoms with van der Waals surface area (Å²) < 4.78 is 39.9. The standard InChI is InChI=1S/C19H15BrF3N3O2/c20-11-1-2-12-13(6-11)19(3-4-19)9-26(18(12)28)8-15(27)25-17-14(21)5-10(7-24-17)16(22)23/h1-2,5-7,16H,3-4,8-9H2,(H,24,25,27). The second kappa shape index (κ2) is 6.88. The number of anilines is 1. The summed E-state index contributed by atoms with van der Waals surface area (Å²) >= 11 is 3.42. The molecule has 28 heavy (non-hydrogen) atoms. The molecule has 0 bridgehead atoms. The highest BCUT2D eigenvalue weighted by molar-refractivity contribution is 9.10. The van der Waals surface area contributed by atoms with Crippen LogP contribution in [0.15, 0.2) is 34.9 Å². The van der Waals surface area contributed by atoms with Crippen LogP contribution in [0.1, 0.15) is 40.8 Å². The summed E-state index contributed by atoms with van der Waals surface area (Å²) in [5.41, 5.74) is 0.833. The maximum atomic E-state index is 13.9. The first kappa shape index (κ1) is 18.9. The van der Waals surface area contributed by atoms with Crippen molar-refractivity contribution in [1.29, 1.82) is 0 Å². The lowest BCUT2D eigenvalue weighted by Crippen LogP contribution is -2.46. The van der Waals surface area contributed by atoms with Crippen LogP contribution >= 0.6 is 15.9 Å². The molecule has 1 aromatic carbocycles. The van der Waals surface area contributed by atoms with E-state index in [1.807, 2.05) is 6.07 Å². The summed E-state index contributed by atoms with van der Waals surface area (Å²) in [6.45, 7) is 0.136. The van der Waals surface area contributed by atoms with E-state index in [1.165, 1.54) is 4.90 Å². The molecule has 146 valence electrons. The Bertz CT molecular complexity index is 979. The molecule has 1 aliphatic heterocycles. The molecule has 1 saturated carbocycles. The van der Waals surface area contributed by atoms with Crippen molar-refractivity contribution in [3.8, 4) is 0 Å². The predicted octanol–water partition coefficient (Wildman–Crippen LogP) is 4.05. The van der Waals surface area contributed by atoms with Crippen LogP contribution in [0.4, 0.5) is 19.0 Å². The minimum absolute atomic E-state index is 0.143. The fourth-order valence-electron chi connectivity index (χ4n) is 3.55. The van der Waals surface area contributed by atoms with Gasteiger partial charge in [-0.3, -0.25) is 9.59 Å². The van der Waals surface area contributed by atoms with Crippen LogP contribution in [-0.2, 0) is 10.2 Å². The number of benzene rings is 1. The zero-order valence-electron chi connectivity index (χ0n) is 14.5. The van der Waals surface area contributed by atoms with Crippen molar-refractivity contribution < 1.29 is 22.8 Å². The zero-order valence-corrected chi connectivity index (χ0v) is 16.1. The maximum absolute atomic E-state index is 13.9. The van der Waals surface area contributed by atoms with Crippen molar-refractivity contribution in [2.24, 2.45) is 0 Å². The first-order valence-electron chi connectivity index (χ1n) is 8.62. The molecule has 1 spiro atoms. The summed E-state index contributed by atoms with van der Waals surface area (Å²) in [6.07, 6.45) is -0.198. The Balaban J connectivity index is 1.50. The van der Waals surface area contributed by atoms with E-state index < -0.39 is 29.5 Å². The number of rotatable bonds is 4. The number of amides is 2. The Morgan fingerprint density at radius 3 is 2.71 bits per heavy atom. The lowest BCUT2D eigenvalue weighted by molar-refractivity contribution is -0.117. The van der Waals surface area contributed by atoms with Gasteiger partial charge in [0, 0.05) is 33.8 Å². The summed E-state index contributed by atoms with van der Waals surface area (Å²) in [5.74, 6) is -2.40. The highest BCUT2D eigenvalue weighted by atomic mass is 79.9. The highest BCUT2D eigenvalue weighted by Gasteiger charge is 2.51. The zero-order chi connectivity index (χ0) is 20.1. The van der Waals surface area contributed by atoms with Gasteiger partial charge in [-0.25, -0.2) is 18.2 Å². The summed E-state index contributed by atoms with van der Waals surface area (Å²) in [5, 5.41) is 2.25. The largest absolute Gasteiger partial charge is 0.328 e. The number of aromatic nitrogens is 1. The number of halogens is 4. The van der Waals surface area contributed by atoms with E-state index >= 15 is 0 Å². The molecule has 2 aliphatic rings. The second-order valence-corrected chi connectivity index (χ2v) is 8.00. The quantitative estimate of drug-likeness (QED) is 0.759. The molecule has 1 fully saturated rings. The number of alkyl halides is 2. The van der Waals surface area contributed by atoms with Gasteiger partial charge in [-0.15, -0.1) is 0 Å². The summed E-state index contributed by atoms with van der Waals surface area (Å²) in [7, 11) is 0. The minimum Gasteiger partial charge on any atom is -0.328 e. The highest BCUT2D eigenvalue weighted by Crippen LogP contribution is 2.52. The third-order valence-corrected chi connectivity index (χ3v) is 5.62. The molecule has 0 saturated heterocycles. The number of carbonyl (C=O) groups is 2. The van der Waals surface area contributed by atoms with Crippen molar-refractivity contribution >= 4 is 33.6 Å². The van der Waals surface area contributed by atoms with Crippen LogP contribution < -0.4 is 5.32 Å². The molecule has 1 N–H and O–H groups in total. The first-order chi connectivity index (χ1) is 13.3. The van der Waals surface area contributed by atoms with Crippen LogP contribution in [0.3, 0.4) is 0 Å². The Morgan fingerprint density at radius 1 is 1.32 bits per heavy atom. The van der Waals surface area contributed by atoms with E-state index in [0.29, 0.717) is 18.2 Å². The van der Waals surface area contributed by atoms with Gasteiger partial charge in [-0.2, -0.15) is 0 Å². The SMILES string of the molecule is O=C(CN1CC2(CC2)c2cc(Br)ccc2C1=O)Nc1ncc(C(F)F)cc1F. The molecule has 2 aromatic rings. The van der Waals surface area contributed by atoms with Crippen LogP contribution in [0.2, 0.25) is 0 Å². The molecule has 2 amide bonds. The van der Waals surface area contributed by atoms with Gasteiger partial charge in [-0.05, 0) is 42.7 Å². The lowest BCUT2D eigenvalue weighted by Gasteiger charge is -2.34. The average Bonchev–Trinajstić information content (AvgIpc) is 3.41. The van der Waals surface area contributed by atoms with Crippen LogP contribution in [0.5, 0.6) is 0 Å². The lowest BCUT2D eigenvalue weighted by atomic mass is 9.86. The summed E-state index contributed by atoms with van der Waals surface area (Å²) in [6, 6.07) is 6.09. The van der Waals surface area contributed by atoms with Gasteiger partial charge in [0.25, 0.3) is 12.3 Å². The van der Waals surface area contributed by atoms with E-state index in [-0.39, 0.29) is 17.9 Å². The van der Waals surface area contributed by atoms with E-state index in [1.54, 1.807) is 12.1 Å². The number of hydrogen-bond donors (Lipinski definition) is 1. The van der Waals surface area contributed by atoms with Crippen LogP contribution in [-0.4, -0.2) is 34.8 Å². The molecule has 5 nitrogen and oxygen atoms in total. The molecule has 2 heterocycles. The van der Waals surface area contributed by atoms with Crippen LogP contribution in [0.25, 0.3) is 0 Å². The third kappa shape index (κ3) is 3.39. The fourth-order valence-corrected chi connectivity index (χ4v) is 3.91. The Hall–Kier alpha value is -2.42. The van der Waals surface area contributed by atoms with E-state index in [2.05, 4.69) is 26.2 Å². The number of fused-ring (bicyclic) bond motifs is 2. The van der Waals surface area contributed by atoms with E-state index in [0.717, 1.165) is 29.1 Å². The van der Waals surface area contributed by atoms with E-state index in [4.69, 9.17) is 0 Å². The van der Waals surface area contributed by atoms with Crippen molar-refractivity contribution in [3.05, 3.63) is 57.4 Å². The van der Waals surface area contributed by atoms with Gasteiger partial charge in [0.1, 0.15) is 6.54 Å². The molecule has 0 unspecified atom stereocenters. The van der Waals surface area contributed by atoms with Crippen LogP contribution in [0, 0.1) is 5.82 Å². The smallest absolute Gasteiger partial charge is 0.265 e. The molecular formula is C19H15BrF3N3O2. The van der Waals surface area contributed by atoms with Crippen molar-refractivity contribution in [1.82, 2.24) is 9.88 Å². The molecule has 0 atom stereocenters. The second-order valence-electron chi connectivity index (χ2n) is 7.08. The van der Waals surface area contributed by atoms with Crippen molar-refractivity contribution in [3.63, 3.8) is 0 Å². The van der Waals surface area contributed by atoms with Gasteiger partial charge >= 0.3 is 0 Å². The minimum atomic E-state index is -2.85. The topological polar surface area (TPSA) is 62.3 Å². The third-order valence-electron chi connectivity index (χ3n) is 5.12. The number of nitrogens with zero attached hydrogens (tertiary/aromatic N) is 2. The van der Waals surface area contributed by atoms with Crippen molar-refractivity contribution in [2.75, 3.05) is 18.4 Å². The van der Waals surface area contributed by atoms with Gasteiger partial charge in [0.15, 0.2) is 11.6 Å². The molecule has 9 heteroatoms. The number of hydrogen-bond acceptors (Lipinski definition) is 3. The molecule has 4 rings (SSSR count). The van der Waals surface area contributed by atoms with E-state index in [9.17, 15) is 22.8 Å². The normalized spacial score (nSPS) is 17.0. The number of pyridine rings is 1. The fraction of sp³-hybridized carbons (Fsp3) is 0.316. The molecule has 0 radical (unpaired) electrons. The molecule has 1 aliphatic carbocycles. The maximum Gasteiger partial charge on any atom is 0.265 e. The van der Waals surface area contributed by atoms with Gasteiger partial charge in [0.05, 0.1) is 0 Å². The average molecular weight is 454 g/mol. The predicted molar refractivity (Wildman–Crippen MR) is 98.7 cm³/mol. The monoisotopic (exact) mass is 453 g/mol. The molecular weight excluding hydrogens is 439 g/mol. The first-order valence-corrected chi connectivity index (χ1v) is 9.41. The Morgan fingerprint density at radius 2 is 2.07 bits per heavy atom. The van der Waals surface area contributed by atoms with Gasteiger partial charge in [-0.1, -0.05) is 15.9 Å². The number of nitrogens with one attached hydrogen (secondary N) is 1. The number of carbonyl (C=O) groups excluding carboxylic acids is 2. The van der Waals surface area contributed by atoms with Crippen molar-refractivity contribution in [2.45, 2.75) is 24.7 Å². The Labute approximate surface area is 167 Å². The van der Waals surface area contributed by atoms with Gasteiger partial charge in [0.2, 0.25) is 5.91 Å². The summed E-state index contributed by atoms with van der Waals surface area (Å²) in [4.78, 5) is 30.1. The molecule has 1 aromatic heterocycles. The van der Waals surface area contributed by atoms with Gasteiger partial charge < -0.3 is 10.2 Å². The Kier molecular flexibility index (Phi) is 4.65.